The molecule has 0 unspecified atom stereocenters. The third-order valence-electron chi connectivity index (χ3n) is 4.42. The van der Waals surface area contributed by atoms with Gasteiger partial charge in [0.2, 0.25) is 5.82 Å². The number of nitrogens with one attached hydrogen (secondary N) is 2. The van der Waals surface area contributed by atoms with Gasteiger partial charge in [-0.15, -0.1) is 12.4 Å². The van der Waals surface area contributed by atoms with Crippen LogP contribution in [0.5, 0.6) is 0 Å². The highest BCUT2D eigenvalue weighted by atomic mass is 79.9. The van der Waals surface area contributed by atoms with Crippen molar-refractivity contribution in [3.8, 4) is 0 Å². The van der Waals surface area contributed by atoms with E-state index in [1.807, 2.05) is 0 Å². The molecule has 4 rings (SSSR count). The van der Waals surface area contributed by atoms with E-state index in [9.17, 15) is 4.79 Å². The lowest BCUT2D eigenvalue weighted by Crippen LogP contribution is -2.43. The summed E-state index contributed by atoms with van der Waals surface area (Å²) in [6, 6.07) is 1.80. The Morgan fingerprint density at radius 1 is 1.33 bits per heavy atom. The number of fused-ring (bicyclic) bond motifs is 1. The smallest absolute Gasteiger partial charge is 0.293 e. The van der Waals surface area contributed by atoms with Crippen molar-refractivity contribution < 1.29 is 4.79 Å². The maximum atomic E-state index is 12.5. The number of halogens is 2. The average Bonchev–Trinajstić information content (AvgIpc) is 3.05. The number of nitrogens with zero attached hydrogens (tertiary/aromatic N) is 4. The summed E-state index contributed by atoms with van der Waals surface area (Å²) in [6.45, 7) is 1.67. The zero-order chi connectivity index (χ0) is 18.1. The van der Waals surface area contributed by atoms with Crippen LogP contribution >= 0.6 is 28.3 Å². The Hall–Kier alpha value is -2.23. The Morgan fingerprint density at radius 3 is 2.85 bits per heavy atom. The number of amides is 1. The third-order valence-corrected chi connectivity index (χ3v) is 5.00. The van der Waals surface area contributed by atoms with Crippen molar-refractivity contribution in [1.29, 1.82) is 0 Å². The number of aromatic amines is 1. The second kappa shape index (κ2) is 8.20. The van der Waals surface area contributed by atoms with Crippen LogP contribution in [0, 0.1) is 0 Å². The molecule has 1 amide bonds. The van der Waals surface area contributed by atoms with Crippen molar-refractivity contribution >= 4 is 56.7 Å². The summed E-state index contributed by atoms with van der Waals surface area (Å²) < 4.78 is 0.866. The van der Waals surface area contributed by atoms with Crippen LogP contribution in [0.4, 0.5) is 11.4 Å². The largest absolute Gasteiger partial charge is 0.368 e. The number of H-pyrrole nitrogens is 1. The number of carbonyl (C=O) groups is 1. The normalized spacial score (nSPS) is 16.8. The number of pyridine rings is 1. The van der Waals surface area contributed by atoms with E-state index in [0.29, 0.717) is 11.3 Å². The first-order valence-electron chi connectivity index (χ1n) is 8.38. The molecule has 8 nitrogen and oxygen atoms in total. The van der Waals surface area contributed by atoms with E-state index in [1.54, 1.807) is 18.5 Å². The Kier molecular flexibility index (Phi) is 5.93. The van der Waals surface area contributed by atoms with Crippen molar-refractivity contribution in [2.75, 3.05) is 23.3 Å². The highest BCUT2D eigenvalue weighted by Gasteiger charge is 2.24. The van der Waals surface area contributed by atoms with E-state index in [-0.39, 0.29) is 30.2 Å². The number of piperidine rings is 1. The van der Waals surface area contributed by atoms with E-state index in [1.165, 1.54) is 12.4 Å². The summed E-state index contributed by atoms with van der Waals surface area (Å²) in [4.78, 5) is 30.2. The lowest BCUT2D eigenvalue weighted by molar-refractivity contribution is 0.101. The van der Waals surface area contributed by atoms with Crippen LogP contribution in [0.1, 0.15) is 23.5 Å². The van der Waals surface area contributed by atoms with Gasteiger partial charge in [0.1, 0.15) is 5.65 Å². The first-order valence-corrected chi connectivity index (χ1v) is 9.17. The number of rotatable bonds is 3. The van der Waals surface area contributed by atoms with Gasteiger partial charge >= 0.3 is 0 Å². The van der Waals surface area contributed by atoms with Gasteiger partial charge in [0, 0.05) is 43.9 Å². The van der Waals surface area contributed by atoms with Crippen LogP contribution in [0.2, 0.25) is 0 Å². The summed E-state index contributed by atoms with van der Waals surface area (Å²) in [5, 5.41) is 3.73. The van der Waals surface area contributed by atoms with Crippen LogP contribution in [0.15, 0.2) is 35.3 Å². The minimum Gasteiger partial charge on any atom is -0.368 e. The van der Waals surface area contributed by atoms with Gasteiger partial charge in [-0.05, 0) is 34.8 Å². The molecule has 27 heavy (non-hydrogen) atoms. The average molecular weight is 453 g/mol. The maximum Gasteiger partial charge on any atom is 0.293 e. The van der Waals surface area contributed by atoms with Gasteiger partial charge in [-0.1, -0.05) is 0 Å². The van der Waals surface area contributed by atoms with Crippen molar-refractivity contribution in [2.45, 2.75) is 18.9 Å². The molecule has 10 heteroatoms. The van der Waals surface area contributed by atoms with Crippen LogP contribution in [0.25, 0.3) is 11.0 Å². The molecule has 1 fully saturated rings. The lowest BCUT2D eigenvalue weighted by Gasteiger charge is -2.33. The number of aromatic nitrogens is 4. The van der Waals surface area contributed by atoms with Gasteiger partial charge < -0.3 is 20.9 Å². The molecule has 4 heterocycles. The van der Waals surface area contributed by atoms with Crippen molar-refractivity contribution in [2.24, 2.45) is 5.73 Å². The van der Waals surface area contributed by atoms with Crippen molar-refractivity contribution in [3.63, 3.8) is 0 Å². The predicted octanol–water partition coefficient (Wildman–Crippen LogP) is 2.72. The summed E-state index contributed by atoms with van der Waals surface area (Å²) in [6.07, 6.45) is 8.62. The summed E-state index contributed by atoms with van der Waals surface area (Å²) in [5.74, 6) is -0.251. The number of hydrogen-bond donors (Lipinski definition) is 3. The number of carbonyl (C=O) groups excluding carboxylic acids is 1. The van der Waals surface area contributed by atoms with Gasteiger partial charge in [0.15, 0.2) is 0 Å². The molecule has 0 saturated carbocycles. The fourth-order valence-electron chi connectivity index (χ4n) is 3.27. The summed E-state index contributed by atoms with van der Waals surface area (Å²) in [5.41, 5.74) is 8.48. The topological polar surface area (TPSA) is 113 Å². The molecule has 4 N–H and O–H groups in total. The fraction of sp³-hybridized carbons (Fsp3) is 0.294. The molecule has 0 spiro atoms. The van der Waals surface area contributed by atoms with Crippen LogP contribution < -0.4 is 16.0 Å². The minimum atomic E-state index is -0.368. The quantitative estimate of drug-likeness (QED) is 0.563. The molecule has 0 radical (unpaired) electrons. The SMILES string of the molecule is Cl.N[C@@H]1CCCN(c2c(Br)cnc3[nH]cc(NC(=O)c4ncccn4)c23)C1. The molecule has 1 saturated heterocycles. The maximum absolute atomic E-state index is 12.5. The van der Waals surface area contributed by atoms with E-state index in [0.717, 1.165) is 41.5 Å². The zero-order valence-electron chi connectivity index (χ0n) is 14.4. The minimum absolute atomic E-state index is 0. The number of anilines is 2. The van der Waals surface area contributed by atoms with Gasteiger partial charge in [0.25, 0.3) is 5.91 Å². The summed E-state index contributed by atoms with van der Waals surface area (Å²) in [7, 11) is 0. The fourth-order valence-corrected chi connectivity index (χ4v) is 3.82. The first kappa shape index (κ1) is 19.5. The molecule has 142 valence electrons. The Bertz CT molecular complexity index is 949. The lowest BCUT2D eigenvalue weighted by atomic mass is 10.1. The molecule has 0 aliphatic carbocycles. The second-order valence-corrected chi connectivity index (χ2v) is 7.11. The number of nitrogens with two attached hydrogens (primary N) is 1. The van der Waals surface area contributed by atoms with E-state index in [2.05, 4.69) is 46.1 Å². The van der Waals surface area contributed by atoms with E-state index in [4.69, 9.17) is 5.73 Å². The predicted molar refractivity (Wildman–Crippen MR) is 110 cm³/mol. The van der Waals surface area contributed by atoms with E-state index >= 15 is 0 Å². The first-order chi connectivity index (χ1) is 12.6. The Balaban J connectivity index is 0.00000210. The van der Waals surface area contributed by atoms with Gasteiger partial charge in [-0.3, -0.25) is 4.79 Å². The molecule has 0 aromatic carbocycles. The van der Waals surface area contributed by atoms with Crippen LogP contribution in [0.3, 0.4) is 0 Å². The summed E-state index contributed by atoms with van der Waals surface area (Å²) >= 11 is 3.61. The van der Waals surface area contributed by atoms with Gasteiger partial charge in [0.05, 0.1) is 21.2 Å². The molecule has 3 aromatic heterocycles. The van der Waals surface area contributed by atoms with Crippen molar-refractivity contribution in [3.05, 3.63) is 41.2 Å². The number of hydrogen-bond acceptors (Lipinski definition) is 6. The second-order valence-electron chi connectivity index (χ2n) is 6.26. The van der Waals surface area contributed by atoms with Crippen molar-refractivity contribution in [1.82, 2.24) is 19.9 Å². The Morgan fingerprint density at radius 2 is 2.11 bits per heavy atom. The molecule has 1 aliphatic rings. The highest BCUT2D eigenvalue weighted by Crippen LogP contribution is 2.38. The standard InChI is InChI=1S/C17H18BrN7O.ClH/c18-11-7-22-15-13(14(11)25-6-1-3-10(19)9-25)12(8-23-15)24-17(26)16-20-4-2-5-21-16;/h2,4-5,7-8,10H,1,3,6,9,19H2,(H,22,23)(H,24,26);1H/t10-;/m1./s1. The van der Waals surface area contributed by atoms with E-state index < -0.39 is 0 Å². The van der Waals surface area contributed by atoms with Gasteiger partial charge in [-0.25, -0.2) is 15.0 Å². The molecule has 3 aromatic rings. The third kappa shape index (κ3) is 3.90. The van der Waals surface area contributed by atoms with Crippen LogP contribution in [-0.4, -0.2) is 45.0 Å². The Labute approximate surface area is 170 Å². The monoisotopic (exact) mass is 451 g/mol. The molecule has 1 aliphatic heterocycles. The molecular weight excluding hydrogens is 434 g/mol. The van der Waals surface area contributed by atoms with Crippen LogP contribution in [-0.2, 0) is 0 Å². The highest BCUT2D eigenvalue weighted by molar-refractivity contribution is 9.10. The molecule has 1 atom stereocenters. The molecular formula is C17H19BrClN7O. The van der Waals surface area contributed by atoms with Gasteiger partial charge in [-0.2, -0.15) is 0 Å². The molecule has 0 bridgehead atoms. The zero-order valence-corrected chi connectivity index (χ0v) is 16.8.